The van der Waals surface area contributed by atoms with Crippen LogP contribution in [0.1, 0.15) is 10.4 Å². The predicted octanol–water partition coefficient (Wildman–Crippen LogP) is 2.66. The number of anilines is 1. The molecule has 0 fully saturated rings. The summed E-state index contributed by atoms with van der Waals surface area (Å²) >= 11 is 1.22. The summed E-state index contributed by atoms with van der Waals surface area (Å²) in [6.07, 6.45) is 0. The molecule has 116 valence electrons. The number of amides is 2. The average molecular weight is 327 g/mol. The summed E-state index contributed by atoms with van der Waals surface area (Å²) in [7, 11) is 0. The minimum absolute atomic E-state index is 0.171. The number of oxazole rings is 1. The minimum Gasteiger partial charge on any atom is -0.431 e. The van der Waals surface area contributed by atoms with Gasteiger partial charge >= 0.3 is 0 Å². The Bertz CT molecular complexity index is 825. The fourth-order valence-electron chi connectivity index (χ4n) is 1.95. The van der Waals surface area contributed by atoms with Crippen molar-refractivity contribution in [3.63, 3.8) is 0 Å². The molecule has 0 radical (unpaired) electrons. The van der Waals surface area contributed by atoms with E-state index in [4.69, 9.17) is 10.2 Å². The number of nitrogens with one attached hydrogen (secondary N) is 1. The van der Waals surface area contributed by atoms with E-state index in [-0.39, 0.29) is 11.7 Å². The van der Waals surface area contributed by atoms with Crippen LogP contribution in [-0.2, 0) is 4.79 Å². The van der Waals surface area contributed by atoms with Crippen molar-refractivity contribution in [1.82, 2.24) is 4.98 Å². The van der Waals surface area contributed by atoms with Gasteiger partial charge < -0.3 is 15.5 Å². The first-order valence-corrected chi connectivity index (χ1v) is 7.78. The normalized spacial score (nSPS) is 10.6. The number of hydrogen-bond donors (Lipinski definition) is 2. The Morgan fingerprint density at radius 2 is 1.87 bits per heavy atom. The number of para-hydroxylation sites is 2. The molecule has 0 bridgehead atoms. The van der Waals surface area contributed by atoms with E-state index in [1.807, 2.05) is 24.3 Å². The first-order chi connectivity index (χ1) is 11.1. The Morgan fingerprint density at radius 1 is 1.13 bits per heavy atom. The van der Waals surface area contributed by atoms with E-state index in [2.05, 4.69) is 10.3 Å². The lowest BCUT2D eigenvalue weighted by atomic mass is 10.2. The van der Waals surface area contributed by atoms with Crippen molar-refractivity contribution in [2.45, 2.75) is 5.22 Å². The van der Waals surface area contributed by atoms with Crippen molar-refractivity contribution < 1.29 is 14.0 Å². The van der Waals surface area contributed by atoms with Gasteiger partial charge in [0.1, 0.15) is 5.52 Å². The van der Waals surface area contributed by atoms with Gasteiger partial charge in [0.2, 0.25) is 11.8 Å². The monoisotopic (exact) mass is 327 g/mol. The highest BCUT2D eigenvalue weighted by Crippen LogP contribution is 2.23. The van der Waals surface area contributed by atoms with E-state index >= 15 is 0 Å². The number of carbonyl (C=O) groups excluding carboxylic acids is 2. The molecule has 0 aliphatic carbocycles. The van der Waals surface area contributed by atoms with Crippen LogP contribution in [0.25, 0.3) is 11.1 Å². The SMILES string of the molecule is NC(=O)c1ccc(NC(=O)CSc2nc3ccccc3o2)cc1. The zero-order chi connectivity index (χ0) is 16.2. The maximum atomic E-state index is 11.9. The lowest BCUT2D eigenvalue weighted by Gasteiger charge is -2.04. The summed E-state index contributed by atoms with van der Waals surface area (Å²) in [6, 6.07) is 13.8. The number of nitrogens with zero attached hydrogens (tertiary/aromatic N) is 1. The molecule has 7 heteroatoms. The van der Waals surface area contributed by atoms with Gasteiger partial charge in [-0.25, -0.2) is 4.98 Å². The fourth-order valence-corrected chi connectivity index (χ4v) is 2.59. The number of aromatic nitrogens is 1. The summed E-state index contributed by atoms with van der Waals surface area (Å²) in [4.78, 5) is 27.2. The van der Waals surface area contributed by atoms with Gasteiger partial charge in [-0.3, -0.25) is 9.59 Å². The Labute approximate surface area is 136 Å². The van der Waals surface area contributed by atoms with Gasteiger partial charge in [-0.05, 0) is 36.4 Å². The van der Waals surface area contributed by atoms with Crippen molar-refractivity contribution in [1.29, 1.82) is 0 Å². The number of fused-ring (bicyclic) bond motifs is 1. The average Bonchev–Trinajstić information content (AvgIpc) is 2.96. The van der Waals surface area contributed by atoms with Crippen LogP contribution in [0.5, 0.6) is 0 Å². The maximum absolute atomic E-state index is 11.9. The quantitative estimate of drug-likeness (QED) is 0.702. The van der Waals surface area contributed by atoms with E-state index in [0.29, 0.717) is 22.1 Å². The Kier molecular flexibility index (Phi) is 4.29. The molecule has 2 amide bonds. The standard InChI is InChI=1S/C16H13N3O3S/c17-15(21)10-5-7-11(8-6-10)18-14(20)9-23-16-19-12-3-1-2-4-13(12)22-16/h1-8H,9H2,(H2,17,21)(H,18,20). The molecule has 0 unspecified atom stereocenters. The zero-order valence-corrected chi connectivity index (χ0v) is 12.8. The molecular weight excluding hydrogens is 314 g/mol. The smallest absolute Gasteiger partial charge is 0.257 e. The van der Waals surface area contributed by atoms with Crippen molar-refractivity contribution in [3.05, 3.63) is 54.1 Å². The first kappa shape index (κ1) is 15.1. The molecule has 3 rings (SSSR count). The molecule has 23 heavy (non-hydrogen) atoms. The van der Waals surface area contributed by atoms with E-state index in [1.165, 1.54) is 11.8 Å². The zero-order valence-electron chi connectivity index (χ0n) is 12.0. The van der Waals surface area contributed by atoms with Crippen LogP contribution in [0, 0.1) is 0 Å². The molecule has 1 heterocycles. The summed E-state index contributed by atoms with van der Waals surface area (Å²) in [5.74, 6) is -0.525. The lowest BCUT2D eigenvalue weighted by Crippen LogP contribution is -2.15. The predicted molar refractivity (Wildman–Crippen MR) is 88.3 cm³/mol. The molecule has 0 atom stereocenters. The topological polar surface area (TPSA) is 98.2 Å². The molecule has 0 aliphatic rings. The van der Waals surface area contributed by atoms with Gasteiger partial charge in [0.15, 0.2) is 5.58 Å². The maximum Gasteiger partial charge on any atom is 0.257 e. The van der Waals surface area contributed by atoms with E-state index in [0.717, 1.165) is 5.52 Å². The third-order valence-electron chi connectivity index (χ3n) is 3.05. The van der Waals surface area contributed by atoms with Gasteiger partial charge in [0.25, 0.3) is 5.22 Å². The number of rotatable bonds is 5. The fraction of sp³-hybridized carbons (Fsp3) is 0.0625. The van der Waals surface area contributed by atoms with Gasteiger partial charge in [-0.15, -0.1) is 0 Å². The Balaban J connectivity index is 1.57. The summed E-state index contributed by atoms with van der Waals surface area (Å²) in [5.41, 5.74) is 7.60. The number of carbonyl (C=O) groups is 2. The second kappa shape index (κ2) is 6.53. The van der Waals surface area contributed by atoms with Crippen molar-refractivity contribution >= 4 is 40.4 Å². The number of hydrogen-bond acceptors (Lipinski definition) is 5. The largest absolute Gasteiger partial charge is 0.431 e. The number of thioether (sulfide) groups is 1. The van der Waals surface area contributed by atoms with E-state index in [1.54, 1.807) is 24.3 Å². The highest BCUT2D eigenvalue weighted by Gasteiger charge is 2.09. The van der Waals surface area contributed by atoms with Gasteiger partial charge in [0.05, 0.1) is 5.75 Å². The van der Waals surface area contributed by atoms with Crippen LogP contribution >= 0.6 is 11.8 Å². The van der Waals surface area contributed by atoms with Crippen LogP contribution in [0.2, 0.25) is 0 Å². The second-order valence-electron chi connectivity index (χ2n) is 4.73. The molecule has 0 saturated heterocycles. The minimum atomic E-state index is -0.505. The number of benzene rings is 2. The van der Waals surface area contributed by atoms with Crippen LogP contribution in [0.4, 0.5) is 5.69 Å². The van der Waals surface area contributed by atoms with Crippen LogP contribution in [-0.4, -0.2) is 22.6 Å². The molecule has 3 aromatic rings. The van der Waals surface area contributed by atoms with Crippen LogP contribution in [0.3, 0.4) is 0 Å². The molecular formula is C16H13N3O3S. The number of primary amides is 1. The molecule has 0 aliphatic heterocycles. The third-order valence-corrected chi connectivity index (χ3v) is 3.88. The van der Waals surface area contributed by atoms with Crippen molar-refractivity contribution in [2.24, 2.45) is 5.73 Å². The van der Waals surface area contributed by atoms with Crippen molar-refractivity contribution in [3.8, 4) is 0 Å². The molecule has 0 spiro atoms. The lowest BCUT2D eigenvalue weighted by molar-refractivity contribution is -0.113. The van der Waals surface area contributed by atoms with Gasteiger partial charge in [-0.1, -0.05) is 23.9 Å². The van der Waals surface area contributed by atoms with E-state index in [9.17, 15) is 9.59 Å². The Hall–Kier alpha value is -2.80. The first-order valence-electron chi connectivity index (χ1n) is 6.80. The number of nitrogens with two attached hydrogens (primary N) is 1. The highest BCUT2D eigenvalue weighted by atomic mass is 32.2. The molecule has 3 N–H and O–H groups in total. The van der Waals surface area contributed by atoms with Crippen LogP contribution in [0.15, 0.2) is 58.2 Å². The van der Waals surface area contributed by atoms with Gasteiger partial charge in [-0.2, -0.15) is 0 Å². The molecule has 1 aromatic heterocycles. The van der Waals surface area contributed by atoms with E-state index < -0.39 is 5.91 Å². The Morgan fingerprint density at radius 3 is 2.57 bits per heavy atom. The highest BCUT2D eigenvalue weighted by molar-refractivity contribution is 7.99. The second-order valence-corrected chi connectivity index (χ2v) is 5.65. The third kappa shape index (κ3) is 3.70. The van der Waals surface area contributed by atoms with Gasteiger partial charge in [0, 0.05) is 11.3 Å². The van der Waals surface area contributed by atoms with Crippen molar-refractivity contribution in [2.75, 3.05) is 11.1 Å². The molecule has 0 saturated carbocycles. The summed E-state index contributed by atoms with van der Waals surface area (Å²) in [5, 5.41) is 3.18. The van der Waals surface area contributed by atoms with Crippen LogP contribution < -0.4 is 11.1 Å². The summed E-state index contributed by atoms with van der Waals surface area (Å²) in [6.45, 7) is 0. The summed E-state index contributed by atoms with van der Waals surface area (Å²) < 4.78 is 5.53. The molecule has 2 aromatic carbocycles. The molecule has 6 nitrogen and oxygen atoms in total.